The molecule has 3 heterocycles. The Morgan fingerprint density at radius 3 is 2.45 bits per heavy atom. The predicted octanol–water partition coefficient (Wildman–Crippen LogP) is 4.15. The number of hydrogen-bond acceptors (Lipinski definition) is 7. The molecule has 140 valence electrons. The van der Waals surface area contributed by atoms with Gasteiger partial charge in [0.15, 0.2) is 10.9 Å². The molecule has 3 aromatic heterocycles. The van der Waals surface area contributed by atoms with Crippen molar-refractivity contribution in [3.8, 4) is 17.5 Å². The van der Waals surface area contributed by atoms with Crippen LogP contribution in [0.4, 0.5) is 5.13 Å². The average molecular weight is 400 g/mol. The van der Waals surface area contributed by atoms with E-state index >= 15 is 0 Å². The molecular formula is C21H12N4O3S. The normalized spacial score (nSPS) is 10.3. The summed E-state index contributed by atoms with van der Waals surface area (Å²) in [7, 11) is 0. The number of carbonyl (C=O) groups excluding carboxylic acids is 2. The molecule has 1 amide bonds. The van der Waals surface area contributed by atoms with Crippen LogP contribution in [-0.2, 0) is 0 Å². The number of pyridine rings is 1. The Balaban J connectivity index is 1.69. The number of rotatable bonds is 5. The van der Waals surface area contributed by atoms with Crippen LogP contribution >= 0.6 is 11.3 Å². The molecule has 0 saturated carbocycles. The molecule has 0 atom stereocenters. The number of nitrogens with zero attached hydrogens (tertiary/aromatic N) is 3. The topological polar surface area (TPSA) is 109 Å². The zero-order valence-electron chi connectivity index (χ0n) is 14.8. The molecule has 1 N–H and O–H groups in total. The van der Waals surface area contributed by atoms with E-state index in [1.807, 2.05) is 6.07 Å². The van der Waals surface area contributed by atoms with Gasteiger partial charge in [0, 0.05) is 23.5 Å². The molecule has 4 aromatic rings. The molecule has 0 radical (unpaired) electrons. The Bertz CT molecular complexity index is 1210. The first-order chi connectivity index (χ1) is 14.2. The maximum absolute atomic E-state index is 13.1. The molecule has 0 fully saturated rings. The van der Waals surface area contributed by atoms with Gasteiger partial charge < -0.3 is 4.42 Å². The summed E-state index contributed by atoms with van der Waals surface area (Å²) in [6, 6.07) is 14.9. The Kier molecular flexibility index (Phi) is 4.97. The van der Waals surface area contributed by atoms with Crippen LogP contribution in [0.15, 0.2) is 71.6 Å². The van der Waals surface area contributed by atoms with Gasteiger partial charge in [-0.25, -0.2) is 4.98 Å². The minimum Gasteiger partial charge on any atom is -0.463 e. The molecule has 0 unspecified atom stereocenters. The summed E-state index contributed by atoms with van der Waals surface area (Å²) in [5.74, 6) is -0.213. The van der Waals surface area contributed by atoms with Crippen molar-refractivity contribution in [3.63, 3.8) is 0 Å². The van der Waals surface area contributed by atoms with Crippen LogP contribution in [-0.4, -0.2) is 21.7 Å². The van der Waals surface area contributed by atoms with Crippen LogP contribution in [0.1, 0.15) is 31.2 Å². The quantitative estimate of drug-likeness (QED) is 0.504. The number of furan rings is 1. The molecular weight excluding hydrogens is 388 g/mol. The average Bonchev–Trinajstić information content (AvgIpc) is 3.44. The highest BCUT2D eigenvalue weighted by Crippen LogP contribution is 2.33. The molecule has 29 heavy (non-hydrogen) atoms. The smallest absolute Gasteiger partial charge is 0.257 e. The van der Waals surface area contributed by atoms with Crippen molar-refractivity contribution < 1.29 is 14.0 Å². The molecule has 0 bridgehead atoms. The molecule has 0 aliphatic rings. The lowest BCUT2D eigenvalue weighted by Gasteiger charge is -2.00. The number of thiazole rings is 1. The maximum Gasteiger partial charge on any atom is 0.257 e. The Morgan fingerprint density at radius 1 is 1.03 bits per heavy atom. The fraction of sp³-hybridized carbons (Fsp3) is 0. The van der Waals surface area contributed by atoms with Crippen LogP contribution in [0.5, 0.6) is 0 Å². The van der Waals surface area contributed by atoms with Gasteiger partial charge in [-0.1, -0.05) is 11.3 Å². The monoisotopic (exact) mass is 400 g/mol. The second-order valence-corrected chi connectivity index (χ2v) is 6.88. The van der Waals surface area contributed by atoms with Crippen molar-refractivity contribution in [1.29, 1.82) is 5.26 Å². The van der Waals surface area contributed by atoms with Crippen molar-refractivity contribution in [3.05, 3.63) is 88.8 Å². The zero-order chi connectivity index (χ0) is 20.2. The molecule has 0 spiro atoms. The highest BCUT2D eigenvalue weighted by molar-refractivity contribution is 7.18. The largest absolute Gasteiger partial charge is 0.463 e. The van der Waals surface area contributed by atoms with Crippen molar-refractivity contribution in [1.82, 2.24) is 9.97 Å². The van der Waals surface area contributed by atoms with Gasteiger partial charge in [-0.15, -0.1) is 0 Å². The van der Waals surface area contributed by atoms with E-state index in [2.05, 4.69) is 15.3 Å². The maximum atomic E-state index is 13.1. The number of nitriles is 1. The van der Waals surface area contributed by atoms with Crippen LogP contribution in [0.2, 0.25) is 0 Å². The summed E-state index contributed by atoms with van der Waals surface area (Å²) in [6.45, 7) is 0. The van der Waals surface area contributed by atoms with Crippen molar-refractivity contribution in [2.24, 2.45) is 0 Å². The second-order valence-electron chi connectivity index (χ2n) is 5.88. The van der Waals surface area contributed by atoms with Gasteiger partial charge in [-0.05, 0) is 48.5 Å². The fourth-order valence-electron chi connectivity index (χ4n) is 2.61. The van der Waals surface area contributed by atoms with E-state index in [4.69, 9.17) is 9.68 Å². The molecule has 0 aliphatic carbocycles. The number of ketones is 1. The van der Waals surface area contributed by atoms with Crippen LogP contribution in [0, 0.1) is 11.3 Å². The number of benzene rings is 1. The van der Waals surface area contributed by atoms with Crippen molar-refractivity contribution >= 4 is 28.2 Å². The first kappa shape index (κ1) is 18.3. The standard InChI is InChI=1S/C21H12N4O3S/c22-12-13-3-5-14(6-4-13)18(26)19-17(16-2-1-11-28-16)24-21(29-19)25-20(27)15-7-9-23-10-8-15/h1-11H,(H,24,25,27). The Hall–Kier alpha value is -4.09. The summed E-state index contributed by atoms with van der Waals surface area (Å²) in [5.41, 5.74) is 1.64. The SMILES string of the molecule is N#Cc1ccc(C(=O)c2sc(NC(=O)c3ccncc3)nc2-c2ccco2)cc1. The van der Waals surface area contributed by atoms with E-state index in [0.29, 0.717) is 33.0 Å². The van der Waals surface area contributed by atoms with Crippen molar-refractivity contribution in [2.75, 3.05) is 5.32 Å². The van der Waals surface area contributed by atoms with Crippen molar-refractivity contribution in [2.45, 2.75) is 0 Å². The van der Waals surface area contributed by atoms with Gasteiger partial charge in [-0.2, -0.15) is 5.26 Å². The van der Waals surface area contributed by atoms with Gasteiger partial charge in [0.05, 0.1) is 17.9 Å². The van der Waals surface area contributed by atoms with Crippen LogP contribution in [0.25, 0.3) is 11.5 Å². The van der Waals surface area contributed by atoms with Crippen LogP contribution < -0.4 is 5.32 Å². The van der Waals surface area contributed by atoms with E-state index in [1.165, 1.54) is 18.7 Å². The number of anilines is 1. The highest BCUT2D eigenvalue weighted by atomic mass is 32.1. The first-order valence-electron chi connectivity index (χ1n) is 8.46. The van der Waals surface area contributed by atoms with Gasteiger partial charge in [0.1, 0.15) is 10.6 Å². The Labute approximate surface area is 169 Å². The lowest BCUT2D eigenvalue weighted by Crippen LogP contribution is -2.11. The van der Waals surface area contributed by atoms with Crippen LogP contribution in [0.3, 0.4) is 0 Å². The van der Waals surface area contributed by atoms with E-state index in [-0.39, 0.29) is 16.8 Å². The van der Waals surface area contributed by atoms with E-state index in [1.54, 1.807) is 48.5 Å². The summed E-state index contributed by atoms with van der Waals surface area (Å²) in [6.07, 6.45) is 4.52. The summed E-state index contributed by atoms with van der Waals surface area (Å²) in [4.78, 5) is 34.1. The predicted molar refractivity (Wildman–Crippen MR) is 107 cm³/mol. The number of carbonyl (C=O) groups is 2. The molecule has 0 aliphatic heterocycles. The first-order valence-corrected chi connectivity index (χ1v) is 9.28. The number of aromatic nitrogens is 2. The van der Waals surface area contributed by atoms with Gasteiger partial charge >= 0.3 is 0 Å². The summed E-state index contributed by atoms with van der Waals surface area (Å²) in [5, 5.41) is 11.9. The third-order valence-corrected chi connectivity index (χ3v) is 5.00. The van der Waals surface area contributed by atoms with Gasteiger partial charge in [0.25, 0.3) is 5.91 Å². The summed E-state index contributed by atoms with van der Waals surface area (Å²) < 4.78 is 5.41. The molecule has 4 rings (SSSR count). The minimum atomic E-state index is -0.357. The Morgan fingerprint density at radius 2 is 1.79 bits per heavy atom. The lowest BCUT2D eigenvalue weighted by atomic mass is 10.1. The van der Waals surface area contributed by atoms with Gasteiger partial charge in [0.2, 0.25) is 5.78 Å². The number of nitrogens with one attached hydrogen (secondary N) is 1. The summed E-state index contributed by atoms with van der Waals surface area (Å²) >= 11 is 1.06. The third kappa shape index (κ3) is 3.81. The van der Waals surface area contributed by atoms with E-state index in [0.717, 1.165) is 11.3 Å². The fourth-order valence-corrected chi connectivity index (χ4v) is 3.54. The minimum absolute atomic E-state index is 0.273. The van der Waals surface area contributed by atoms with Gasteiger partial charge in [-0.3, -0.25) is 19.9 Å². The zero-order valence-corrected chi connectivity index (χ0v) is 15.6. The number of amides is 1. The number of hydrogen-bond donors (Lipinski definition) is 1. The molecule has 7 nitrogen and oxygen atoms in total. The second kappa shape index (κ2) is 7.88. The lowest BCUT2D eigenvalue weighted by molar-refractivity contribution is 0.102. The molecule has 1 aromatic carbocycles. The third-order valence-electron chi connectivity index (χ3n) is 4.03. The molecule has 0 saturated heterocycles. The molecule has 8 heteroatoms. The van der Waals surface area contributed by atoms with E-state index < -0.39 is 0 Å². The van der Waals surface area contributed by atoms with E-state index in [9.17, 15) is 9.59 Å². The highest BCUT2D eigenvalue weighted by Gasteiger charge is 2.23.